The van der Waals surface area contributed by atoms with Crippen molar-refractivity contribution >= 4 is 46.5 Å². The summed E-state index contributed by atoms with van der Waals surface area (Å²) in [5.74, 6) is 0.174. The zero-order valence-corrected chi connectivity index (χ0v) is 21.0. The van der Waals surface area contributed by atoms with E-state index in [0.29, 0.717) is 26.8 Å². The number of ketones is 1. The molecule has 2 aromatic carbocycles. The molecule has 0 saturated heterocycles. The average Bonchev–Trinajstić information content (AvgIpc) is 3.22. The summed E-state index contributed by atoms with van der Waals surface area (Å²) in [6.45, 7) is 2.06. The minimum absolute atomic E-state index is 0.0160. The van der Waals surface area contributed by atoms with Crippen molar-refractivity contribution in [3.63, 3.8) is 0 Å². The van der Waals surface area contributed by atoms with Gasteiger partial charge in [-0.05, 0) is 18.6 Å². The van der Waals surface area contributed by atoms with Crippen LogP contribution in [-0.4, -0.2) is 18.4 Å². The molecular formula is C27H23ClNO3S2+. The second-order valence-electron chi connectivity index (χ2n) is 7.39. The Hall–Kier alpha value is -2.93. The van der Waals surface area contributed by atoms with E-state index in [1.54, 1.807) is 30.8 Å². The Morgan fingerprint density at radius 1 is 0.971 bits per heavy atom. The first-order valence-electron chi connectivity index (χ1n) is 10.8. The molecule has 0 aliphatic carbocycles. The van der Waals surface area contributed by atoms with Crippen LogP contribution in [0.4, 0.5) is 0 Å². The summed E-state index contributed by atoms with van der Waals surface area (Å²) in [7, 11) is 0. The van der Waals surface area contributed by atoms with Crippen LogP contribution in [0, 0.1) is 0 Å². The lowest BCUT2D eigenvalue weighted by Gasteiger charge is -2.06. The Kier molecular flexibility index (Phi) is 8.16. The van der Waals surface area contributed by atoms with Gasteiger partial charge in [-0.3, -0.25) is 9.59 Å². The second kappa shape index (κ2) is 11.5. The van der Waals surface area contributed by atoms with E-state index in [1.165, 1.54) is 11.3 Å². The largest absolute Gasteiger partial charge is 0.466 e. The highest BCUT2D eigenvalue weighted by molar-refractivity contribution is 8.00. The number of thiophene rings is 1. The molecule has 0 aliphatic heterocycles. The molecule has 0 bridgehead atoms. The Morgan fingerprint density at radius 2 is 1.65 bits per heavy atom. The van der Waals surface area contributed by atoms with Crippen molar-refractivity contribution in [2.45, 2.75) is 23.3 Å². The van der Waals surface area contributed by atoms with Crippen molar-refractivity contribution in [2.75, 3.05) is 6.61 Å². The molecular weight excluding hydrogens is 486 g/mol. The van der Waals surface area contributed by atoms with Gasteiger partial charge in [0.1, 0.15) is 4.21 Å². The van der Waals surface area contributed by atoms with Gasteiger partial charge in [-0.1, -0.05) is 66.2 Å². The van der Waals surface area contributed by atoms with Crippen molar-refractivity contribution in [2.24, 2.45) is 0 Å². The number of halogens is 1. The van der Waals surface area contributed by atoms with Crippen molar-refractivity contribution in [1.82, 2.24) is 0 Å². The molecule has 2 heterocycles. The monoisotopic (exact) mass is 508 g/mol. The molecule has 0 aliphatic rings. The first-order valence-corrected chi connectivity index (χ1v) is 13.0. The van der Waals surface area contributed by atoms with E-state index in [1.807, 2.05) is 77.6 Å². The number of benzene rings is 2. The molecule has 7 heteroatoms. The van der Waals surface area contributed by atoms with E-state index >= 15 is 0 Å². The summed E-state index contributed by atoms with van der Waals surface area (Å²) in [5.41, 5.74) is 3.10. The van der Waals surface area contributed by atoms with Gasteiger partial charge in [-0.15, -0.1) is 23.1 Å². The van der Waals surface area contributed by atoms with Gasteiger partial charge in [0.15, 0.2) is 12.4 Å². The Bertz CT molecular complexity index is 1290. The van der Waals surface area contributed by atoms with E-state index in [0.717, 1.165) is 15.5 Å². The van der Waals surface area contributed by atoms with E-state index in [9.17, 15) is 9.59 Å². The standard InChI is InChI=1S/C27H23ClNO3S2/c1-2-32-23(30)17-21-24(29-15-9-4-10-16-29)27(33-18-20-13-7-8-14-22(20)28)34-26(21)25(31)19-11-5-3-6-12-19/h3-16H,2,17-18H2,1H3/q+1. The van der Waals surface area contributed by atoms with Gasteiger partial charge in [0.05, 0.1) is 23.5 Å². The predicted molar refractivity (Wildman–Crippen MR) is 137 cm³/mol. The molecule has 0 radical (unpaired) electrons. The van der Waals surface area contributed by atoms with Crippen LogP contribution in [0.15, 0.2) is 89.4 Å². The molecule has 4 aromatic rings. The van der Waals surface area contributed by atoms with Crippen LogP contribution in [-0.2, 0) is 21.7 Å². The molecule has 0 atom stereocenters. The highest BCUT2D eigenvalue weighted by atomic mass is 35.5. The highest BCUT2D eigenvalue weighted by Crippen LogP contribution is 2.40. The van der Waals surface area contributed by atoms with Gasteiger partial charge in [0.25, 0.3) is 0 Å². The smallest absolute Gasteiger partial charge is 0.310 e. The number of hydrogen-bond donors (Lipinski definition) is 0. The SMILES string of the molecule is CCOC(=O)Cc1c(C(=O)c2ccccc2)sc(SCc2ccccc2Cl)c1-[n+]1ccccc1. The van der Waals surface area contributed by atoms with E-state index in [2.05, 4.69) is 0 Å². The van der Waals surface area contributed by atoms with Gasteiger partial charge in [-0.2, -0.15) is 4.57 Å². The number of carbonyl (C=O) groups is 2. The number of pyridine rings is 1. The summed E-state index contributed by atoms with van der Waals surface area (Å²) in [5, 5.41) is 0.702. The molecule has 172 valence electrons. The van der Waals surface area contributed by atoms with Gasteiger partial charge >= 0.3 is 5.97 Å². The molecule has 0 fully saturated rings. The summed E-state index contributed by atoms with van der Waals surface area (Å²) >= 11 is 9.40. The first kappa shape index (κ1) is 24.2. The van der Waals surface area contributed by atoms with Crippen LogP contribution in [0.5, 0.6) is 0 Å². The molecule has 0 N–H and O–H groups in total. The third kappa shape index (κ3) is 5.58. The van der Waals surface area contributed by atoms with Crippen LogP contribution >= 0.6 is 34.7 Å². The van der Waals surface area contributed by atoms with Crippen LogP contribution in [0.1, 0.15) is 33.3 Å². The number of carbonyl (C=O) groups excluding carboxylic acids is 2. The average molecular weight is 509 g/mol. The van der Waals surface area contributed by atoms with Crippen molar-refractivity contribution < 1.29 is 18.9 Å². The van der Waals surface area contributed by atoms with Gasteiger partial charge in [0.2, 0.25) is 11.5 Å². The lowest BCUT2D eigenvalue weighted by Crippen LogP contribution is -2.31. The number of nitrogens with zero attached hydrogens (tertiary/aromatic N) is 1. The number of esters is 1. The van der Waals surface area contributed by atoms with Crippen molar-refractivity contribution in [3.8, 4) is 5.69 Å². The number of ether oxygens (including phenoxy) is 1. The molecule has 4 rings (SSSR count). The van der Waals surface area contributed by atoms with Crippen LogP contribution in [0.2, 0.25) is 5.02 Å². The molecule has 0 unspecified atom stereocenters. The van der Waals surface area contributed by atoms with Gasteiger partial charge < -0.3 is 4.74 Å². The summed E-state index contributed by atoms with van der Waals surface area (Å²) in [6.07, 6.45) is 3.86. The van der Waals surface area contributed by atoms with E-state index in [4.69, 9.17) is 16.3 Å². The third-order valence-electron chi connectivity index (χ3n) is 5.11. The zero-order valence-electron chi connectivity index (χ0n) is 18.6. The fourth-order valence-electron chi connectivity index (χ4n) is 3.52. The van der Waals surface area contributed by atoms with E-state index < -0.39 is 0 Å². The van der Waals surface area contributed by atoms with Crippen LogP contribution in [0.25, 0.3) is 5.69 Å². The van der Waals surface area contributed by atoms with Gasteiger partial charge in [-0.25, -0.2) is 0 Å². The molecule has 0 spiro atoms. The highest BCUT2D eigenvalue weighted by Gasteiger charge is 2.31. The Labute approximate surface area is 212 Å². The summed E-state index contributed by atoms with van der Waals surface area (Å²) in [6, 6.07) is 22.6. The maximum absolute atomic E-state index is 13.6. The Balaban J connectivity index is 1.83. The second-order valence-corrected chi connectivity index (χ2v) is 10.1. The lowest BCUT2D eigenvalue weighted by atomic mass is 10.0. The molecule has 4 nitrogen and oxygen atoms in total. The van der Waals surface area contributed by atoms with Crippen molar-refractivity contribution in [1.29, 1.82) is 0 Å². The lowest BCUT2D eigenvalue weighted by molar-refractivity contribution is -0.598. The van der Waals surface area contributed by atoms with Crippen LogP contribution in [0.3, 0.4) is 0 Å². The third-order valence-corrected chi connectivity index (χ3v) is 8.00. The van der Waals surface area contributed by atoms with Gasteiger partial charge in [0, 0.05) is 28.5 Å². The fraction of sp³-hybridized carbons (Fsp3) is 0.148. The topological polar surface area (TPSA) is 47.3 Å². The molecule has 2 aromatic heterocycles. The number of aromatic nitrogens is 1. The fourth-order valence-corrected chi connectivity index (χ4v) is 6.38. The minimum atomic E-state index is -0.358. The molecule has 0 amide bonds. The predicted octanol–water partition coefficient (Wildman–Crippen LogP) is 6.31. The maximum atomic E-state index is 13.6. The first-order chi connectivity index (χ1) is 16.6. The van der Waals surface area contributed by atoms with Crippen LogP contribution < -0.4 is 4.57 Å². The zero-order chi connectivity index (χ0) is 23.9. The Morgan fingerprint density at radius 3 is 2.35 bits per heavy atom. The summed E-state index contributed by atoms with van der Waals surface area (Å²) < 4.78 is 8.15. The molecule has 0 saturated carbocycles. The number of thioether (sulfide) groups is 1. The maximum Gasteiger partial charge on any atom is 0.310 e. The van der Waals surface area contributed by atoms with E-state index in [-0.39, 0.29) is 24.8 Å². The molecule has 34 heavy (non-hydrogen) atoms. The number of rotatable bonds is 9. The van der Waals surface area contributed by atoms with Crippen molar-refractivity contribution in [3.05, 3.63) is 112 Å². The normalized spacial score (nSPS) is 10.8. The quantitative estimate of drug-likeness (QED) is 0.115. The minimum Gasteiger partial charge on any atom is -0.466 e. The summed E-state index contributed by atoms with van der Waals surface area (Å²) in [4.78, 5) is 26.7. The number of hydrogen-bond acceptors (Lipinski definition) is 5.